The van der Waals surface area contributed by atoms with Gasteiger partial charge in [0, 0.05) is 0 Å². The third-order valence-corrected chi connectivity index (χ3v) is 2.62. The van der Waals surface area contributed by atoms with Gasteiger partial charge in [-0.2, -0.15) is 0 Å². The van der Waals surface area contributed by atoms with Crippen LogP contribution < -0.4 is 0 Å². The number of allylic oxidation sites excluding steroid dienone is 2. The first-order chi connectivity index (χ1) is 4.74. The van der Waals surface area contributed by atoms with Crippen molar-refractivity contribution in [2.24, 2.45) is 0 Å². The van der Waals surface area contributed by atoms with E-state index in [-0.39, 0.29) is 11.2 Å². The van der Waals surface area contributed by atoms with Crippen molar-refractivity contribution in [3.05, 3.63) is 11.0 Å². The predicted octanol–water partition coefficient (Wildman–Crippen LogP) is 1.57. The Bertz CT molecular complexity index is 174. The maximum Gasteiger partial charge on any atom is 0.319 e. The monoisotopic (exact) mass is 158 g/mol. The van der Waals surface area contributed by atoms with Crippen LogP contribution in [0.1, 0.15) is 13.3 Å². The van der Waals surface area contributed by atoms with E-state index in [1.165, 1.54) is 12.0 Å². The minimum absolute atomic E-state index is 0.0185. The van der Waals surface area contributed by atoms with Crippen LogP contribution in [0.15, 0.2) is 11.0 Å². The molecule has 0 N–H and O–H groups in total. The molecule has 10 heavy (non-hydrogen) atoms. The van der Waals surface area contributed by atoms with Crippen LogP contribution in [0.3, 0.4) is 0 Å². The number of thioether (sulfide) groups is 1. The highest BCUT2D eigenvalue weighted by molar-refractivity contribution is 8.04. The molecule has 0 amide bonds. The van der Waals surface area contributed by atoms with Crippen molar-refractivity contribution in [2.45, 2.75) is 18.6 Å². The second kappa shape index (κ2) is 3.10. The van der Waals surface area contributed by atoms with E-state index in [1.54, 1.807) is 11.8 Å². The van der Waals surface area contributed by atoms with E-state index in [0.29, 0.717) is 0 Å². The Hall–Kier alpha value is -0.440. The summed E-state index contributed by atoms with van der Waals surface area (Å²) >= 11 is 1.58. The largest absolute Gasteiger partial charge is 0.468 e. The molecule has 56 valence electrons. The van der Waals surface area contributed by atoms with Crippen LogP contribution in [-0.4, -0.2) is 18.3 Å². The lowest BCUT2D eigenvalue weighted by Crippen LogP contribution is -2.15. The predicted molar refractivity (Wildman–Crippen MR) is 41.8 cm³/mol. The highest BCUT2D eigenvalue weighted by Gasteiger charge is 2.23. The highest BCUT2D eigenvalue weighted by Crippen LogP contribution is 2.31. The number of esters is 1. The van der Waals surface area contributed by atoms with Gasteiger partial charge < -0.3 is 4.74 Å². The number of hydrogen-bond acceptors (Lipinski definition) is 3. The van der Waals surface area contributed by atoms with Crippen LogP contribution in [0.4, 0.5) is 0 Å². The Kier molecular flexibility index (Phi) is 2.38. The number of carbonyl (C=O) groups excluding carboxylic acids is 1. The van der Waals surface area contributed by atoms with Crippen LogP contribution in [-0.2, 0) is 9.53 Å². The number of ether oxygens (including phenoxy) is 1. The first kappa shape index (κ1) is 7.66. The third-order valence-electron chi connectivity index (χ3n) is 1.41. The summed E-state index contributed by atoms with van der Waals surface area (Å²) in [5, 5.41) is 0.0185. The van der Waals surface area contributed by atoms with Crippen molar-refractivity contribution >= 4 is 17.7 Å². The Morgan fingerprint density at radius 3 is 3.00 bits per heavy atom. The minimum atomic E-state index is -0.113. The fourth-order valence-electron chi connectivity index (χ4n) is 0.869. The van der Waals surface area contributed by atoms with Crippen molar-refractivity contribution in [1.29, 1.82) is 0 Å². The molecule has 1 unspecified atom stereocenters. The van der Waals surface area contributed by atoms with Crippen LogP contribution in [0, 0.1) is 0 Å². The summed E-state index contributed by atoms with van der Waals surface area (Å²) in [5.41, 5.74) is 0. The van der Waals surface area contributed by atoms with E-state index in [2.05, 4.69) is 10.8 Å². The van der Waals surface area contributed by atoms with E-state index in [1.807, 2.05) is 6.92 Å². The maximum absolute atomic E-state index is 10.9. The summed E-state index contributed by atoms with van der Waals surface area (Å²) in [6.45, 7) is 2.01. The topological polar surface area (TPSA) is 26.3 Å². The average Bonchev–Trinajstić information content (AvgIpc) is 2.34. The molecule has 0 bridgehead atoms. The van der Waals surface area contributed by atoms with Gasteiger partial charge >= 0.3 is 5.97 Å². The molecule has 0 aromatic carbocycles. The molecule has 1 aliphatic rings. The summed E-state index contributed by atoms with van der Waals surface area (Å²) in [7, 11) is 1.43. The summed E-state index contributed by atoms with van der Waals surface area (Å²) in [6, 6.07) is 0. The van der Waals surface area contributed by atoms with E-state index in [4.69, 9.17) is 0 Å². The second-order valence-electron chi connectivity index (χ2n) is 2.18. The Balaban J connectivity index is 2.42. The molecule has 0 saturated heterocycles. The fraction of sp³-hybridized carbons (Fsp3) is 0.571. The molecule has 0 aromatic rings. The molecule has 1 heterocycles. The second-order valence-corrected chi connectivity index (χ2v) is 3.63. The zero-order chi connectivity index (χ0) is 7.56. The van der Waals surface area contributed by atoms with Gasteiger partial charge in [0.2, 0.25) is 0 Å². The van der Waals surface area contributed by atoms with Gasteiger partial charge in [-0.05, 0) is 18.2 Å². The quantitative estimate of drug-likeness (QED) is 0.542. The molecule has 2 nitrogen and oxygen atoms in total. The maximum atomic E-state index is 10.9. The van der Waals surface area contributed by atoms with Gasteiger partial charge in [-0.25, -0.2) is 0 Å². The lowest BCUT2D eigenvalue weighted by Gasteiger charge is -2.04. The van der Waals surface area contributed by atoms with E-state index < -0.39 is 0 Å². The molecule has 0 aliphatic carbocycles. The molecule has 1 atom stereocenters. The number of carbonyl (C=O) groups is 1. The molecule has 1 rings (SSSR count). The van der Waals surface area contributed by atoms with Gasteiger partial charge in [-0.3, -0.25) is 4.79 Å². The van der Waals surface area contributed by atoms with Crippen LogP contribution in [0.25, 0.3) is 0 Å². The number of hydrogen-bond donors (Lipinski definition) is 0. The Morgan fingerprint density at radius 2 is 2.60 bits per heavy atom. The number of rotatable bonds is 1. The van der Waals surface area contributed by atoms with Gasteiger partial charge in [0.05, 0.1) is 7.11 Å². The number of methoxy groups -OCH3 is 1. The van der Waals surface area contributed by atoms with Gasteiger partial charge in [0.25, 0.3) is 0 Å². The summed E-state index contributed by atoms with van der Waals surface area (Å²) in [4.78, 5) is 12.1. The zero-order valence-corrected chi connectivity index (χ0v) is 6.90. The molecule has 0 radical (unpaired) electrons. The van der Waals surface area contributed by atoms with Crippen molar-refractivity contribution in [1.82, 2.24) is 0 Å². The first-order valence-electron chi connectivity index (χ1n) is 3.15. The standard InChI is InChI=1S/C7H10O2S/c1-5-3-4-6(10-5)7(8)9-2/h3,6H,4H2,1-2H3. The van der Waals surface area contributed by atoms with Gasteiger partial charge in [0.1, 0.15) is 5.25 Å². The molecule has 1 aliphatic heterocycles. The first-order valence-corrected chi connectivity index (χ1v) is 4.03. The smallest absolute Gasteiger partial charge is 0.319 e. The van der Waals surface area contributed by atoms with E-state index in [0.717, 1.165) is 6.42 Å². The lowest BCUT2D eigenvalue weighted by molar-refractivity contribution is -0.139. The third kappa shape index (κ3) is 1.53. The minimum Gasteiger partial charge on any atom is -0.468 e. The molecule has 0 saturated carbocycles. The molecule has 0 spiro atoms. The summed E-state index contributed by atoms with van der Waals surface area (Å²) < 4.78 is 4.59. The molecule has 0 aromatic heterocycles. The normalized spacial score (nSPS) is 24.2. The lowest BCUT2D eigenvalue weighted by atomic mass is 10.3. The summed E-state index contributed by atoms with van der Waals surface area (Å²) in [6.07, 6.45) is 2.88. The summed E-state index contributed by atoms with van der Waals surface area (Å²) in [5.74, 6) is -0.113. The van der Waals surface area contributed by atoms with E-state index >= 15 is 0 Å². The van der Waals surface area contributed by atoms with Crippen molar-refractivity contribution in [3.63, 3.8) is 0 Å². The molecular formula is C7H10O2S. The SMILES string of the molecule is COC(=O)C1CC=C(C)S1. The molecule has 0 fully saturated rings. The average molecular weight is 158 g/mol. The highest BCUT2D eigenvalue weighted by atomic mass is 32.2. The fourth-order valence-corrected chi connectivity index (χ4v) is 1.90. The Labute approximate surface area is 64.6 Å². The molecular weight excluding hydrogens is 148 g/mol. The van der Waals surface area contributed by atoms with Gasteiger partial charge in [-0.15, -0.1) is 11.8 Å². The van der Waals surface area contributed by atoms with Crippen molar-refractivity contribution in [2.75, 3.05) is 7.11 Å². The van der Waals surface area contributed by atoms with Crippen LogP contribution in [0.5, 0.6) is 0 Å². The van der Waals surface area contributed by atoms with Crippen LogP contribution >= 0.6 is 11.8 Å². The van der Waals surface area contributed by atoms with E-state index in [9.17, 15) is 4.79 Å². The zero-order valence-electron chi connectivity index (χ0n) is 6.09. The van der Waals surface area contributed by atoms with Gasteiger partial charge in [-0.1, -0.05) is 6.08 Å². The van der Waals surface area contributed by atoms with Crippen molar-refractivity contribution in [3.8, 4) is 0 Å². The van der Waals surface area contributed by atoms with Crippen molar-refractivity contribution < 1.29 is 9.53 Å². The Morgan fingerprint density at radius 1 is 1.90 bits per heavy atom. The van der Waals surface area contributed by atoms with Gasteiger partial charge in [0.15, 0.2) is 0 Å². The van der Waals surface area contributed by atoms with Crippen LogP contribution in [0.2, 0.25) is 0 Å². The molecule has 3 heteroatoms.